The Morgan fingerprint density at radius 1 is 0.634 bits per heavy atom. The van der Waals surface area contributed by atoms with Gasteiger partial charge in [-0.1, -0.05) is 96.1 Å². The summed E-state index contributed by atoms with van der Waals surface area (Å²) in [5.41, 5.74) is 11.3. The number of benzene rings is 4. The van der Waals surface area contributed by atoms with Crippen LogP contribution in [0.15, 0.2) is 103 Å². The average Bonchev–Trinajstić information content (AvgIpc) is 3.37. The number of allylic oxidation sites excluding steroid dienone is 1. The third kappa shape index (κ3) is 7.79. The first kappa shape index (κ1) is 31.5. The van der Waals surface area contributed by atoms with E-state index in [0.717, 1.165) is 0 Å². The van der Waals surface area contributed by atoms with E-state index in [2.05, 4.69) is 94.7 Å². The first-order valence-corrected chi connectivity index (χ1v) is 13.4. The van der Waals surface area contributed by atoms with Gasteiger partial charge in [-0.05, 0) is 63.8 Å². The number of carbonyl (C=O) groups excluding carboxylic acids is 1. The molecule has 0 amide bonds. The van der Waals surface area contributed by atoms with Gasteiger partial charge in [-0.15, -0.1) is 0 Å². The van der Waals surface area contributed by atoms with Gasteiger partial charge in [0.2, 0.25) is 6.67 Å². The molecule has 213 valence electrons. The van der Waals surface area contributed by atoms with E-state index in [9.17, 15) is 9.90 Å². The zero-order valence-corrected chi connectivity index (χ0v) is 25.3. The van der Waals surface area contributed by atoms with Gasteiger partial charge < -0.3 is 14.9 Å². The molecule has 0 spiro atoms. The first-order chi connectivity index (χ1) is 19.1. The molecule has 4 aromatic carbocycles. The third-order valence-electron chi connectivity index (χ3n) is 6.73. The molecule has 0 bridgehead atoms. The summed E-state index contributed by atoms with van der Waals surface area (Å²) in [5.74, 6) is -0.216. The Morgan fingerprint density at radius 2 is 1.00 bits per heavy atom. The summed E-state index contributed by atoms with van der Waals surface area (Å²) >= 11 is 0. The van der Waals surface area contributed by atoms with Crippen molar-refractivity contribution in [2.45, 2.75) is 41.5 Å². The number of ketones is 1. The maximum atomic E-state index is 11.8. The van der Waals surface area contributed by atoms with Crippen molar-refractivity contribution in [2.24, 2.45) is 0 Å². The summed E-state index contributed by atoms with van der Waals surface area (Å²) in [6.45, 7) is 16.4. The Morgan fingerprint density at radius 3 is 1.39 bits per heavy atom. The van der Waals surface area contributed by atoms with Crippen molar-refractivity contribution in [1.29, 1.82) is 0 Å². The van der Waals surface area contributed by atoms with E-state index in [1.54, 1.807) is 36.4 Å². The Labute approximate surface area is 255 Å². The summed E-state index contributed by atoms with van der Waals surface area (Å²) in [4.78, 5) is 16.0. The predicted octanol–water partition coefficient (Wildman–Crippen LogP) is 8.80. The van der Waals surface area contributed by atoms with Crippen molar-refractivity contribution in [3.63, 3.8) is 0 Å². The minimum Gasteiger partial charge on any atom is -0.507 e. The van der Waals surface area contributed by atoms with Gasteiger partial charge in [0.1, 0.15) is 5.76 Å². The Bertz CT molecular complexity index is 1450. The smallest absolute Gasteiger partial charge is 0.217 e. The SMILES string of the molecule is Cc1cc(C)c(N2[C]N(c3c(C)cc(C)cc3C)C=C2)c(C)c1.O=C(/C=C(\O)c1ccccc1)c1ccccc1.[Cu]. The Kier molecular flexibility index (Phi) is 10.8. The quantitative estimate of drug-likeness (QED) is 0.109. The number of carbonyl (C=O) groups is 1. The minimum atomic E-state index is -0.202. The van der Waals surface area contributed by atoms with Gasteiger partial charge >= 0.3 is 0 Å². The molecule has 1 aliphatic rings. The van der Waals surface area contributed by atoms with Gasteiger partial charge in [-0.3, -0.25) is 4.79 Å². The molecule has 0 saturated carbocycles. The van der Waals surface area contributed by atoms with E-state index in [-0.39, 0.29) is 28.6 Å². The summed E-state index contributed by atoms with van der Waals surface area (Å²) in [5, 5.41) is 9.79. The number of rotatable bonds is 5. The molecule has 41 heavy (non-hydrogen) atoms. The van der Waals surface area contributed by atoms with Crippen LogP contribution in [-0.4, -0.2) is 10.9 Å². The standard InChI is InChI=1S/C21H24N2.C15H12O2.Cu/c1-14-9-16(3)20(17(4)10-14)22-7-8-23(13-22)21-18(5)11-15(2)12-19(21)6;16-14(12-7-3-1-4-8-12)11-15(17)13-9-5-2-6-10-13;/h7-12H,1-6H3;1-11,16H;/b;14-11-;. The summed E-state index contributed by atoms with van der Waals surface area (Å²) in [7, 11) is 0. The minimum absolute atomic E-state index is 0. The molecule has 4 aromatic rings. The molecule has 5 heteroatoms. The number of hydrogen-bond donors (Lipinski definition) is 1. The van der Waals surface area contributed by atoms with Gasteiger partial charge in [-0.2, -0.15) is 0 Å². The summed E-state index contributed by atoms with van der Waals surface area (Å²) < 4.78 is 0. The summed E-state index contributed by atoms with van der Waals surface area (Å²) in [6, 6.07) is 26.8. The van der Waals surface area contributed by atoms with E-state index < -0.39 is 0 Å². The largest absolute Gasteiger partial charge is 0.507 e. The third-order valence-corrected chi connectivity index (χ3v) is 6.73. The van der Waals surface area contributed by atoms with Crippen LogP contribution in [0.3, 0.4) is 0 Å². The zero-order chi connectivity index (χ0) is 28.8. The molecule has 4 nitrogen and oxygen atoms in total. The van der Waals surface area contributed by atoms with Gasteiger partial charge in [-0.25, -0.2) is 0 Å². The summed E-state index contributed by atoms with van der Waals surface area (Å²) in [6.07, 6.45) is 5.41. The van der Waals surface area contributed by atoms with E-state index in [1.165, 1.54) is 50.8 Å². The molecular formula is C36H36CuN2O2. The molecule has 0 saturated heterocycles. The van der Waals surface area contributed by atoms with Crippen molar-refractivity contribution in [1.82, 2.24) is 0 Å². The molecule has 3 radical (unpaired) electrons. The van der Waals surface area contributed by atoms with Crippen molar-refractivity contribution in [3.05, 3.63) is 155 Å². The molecule has 1 aliphatic heterocycles. The Hall–Kier alpha value is -4.05. The maximum absolute atomic E-state index is 11.8. The van der Waals surface area contributed by atoms with Gasteiger partial charge in [0, 0.05) is 58.0 Å². The van der Waals surface area contributed by atoms with Crippen LogP contribution < -0.4 is 9.80 Å². The van der Waals surface area contributed by atoms with Crippen LogP contribution in [0.1, 0.15) is 49.3 Å². The van der Waals surface area contributed by atoms with Crippen LogP contribution in [0, 0.1) is 48.2 Å². The maximum Gasteiger partial charge on any atom is 0.217 e. The fraction of sp³-hybridized carbons (Fsp3) is 0.167. The average molecular weight is 592 g/mol. The molecule has 0 aromatic heterocycles. The molecule has 1 heterocycles. The van der Waals surface area contributed by atoms with Crippen LogP contribution in [0.2, 0.25) is 0 Å². The van der Waals surface area contributed by atoms with Crippen LogP contribution in [0.5, 0.6) is 0 Å². The van der Waals surface area contributed by atoms with Crippen LogP contribution in [0.25, 0.3) is 5.76 Å². The van der Waals surface area contributed by atoms with Gasteiger partial charge in [0.15, 0.2) is 5.78 Å². The molecule has 0 atom stereocenters. The number of aliphatic hydroxyl groups excluding tert-OH is 1. The Balaban J connectivity index is 0.000000230. The molecule has 1 N–H and O–H groups in total. The van der Waals surface area contributed by atoms with Crippen molar-refractivity contribution in [3.8, 4) is 0 Å². The number of aliphatic hydroxyl groups is 1. The second-order valence-corrected chi connectivity index (χ2v) is 10.3. The van der Waals surface area contributed by atoms with Crippen LogP contribution in [-0.2, 0) is 17.1 Å². The number of anilines is 2. The fourth-order valence-electron chi connectivity index (χ4n) is 5.17. The monoisotopic (exact) mass is 591 g/mol. The van der Waals surface area contributed by atoms with E-state index in [4.69, 9.17) is 0 Å². The predicted molar refractivity (Wildman–Crippen MR) is 166 cm³/mol. The normalized spacial score (nSPS) is 12.5. The van der Waals surface area contributed by atoms with E-state index >= 15 is 0 Å². The van der Waals surface area contributed by atoms with E-state index in [1.807, 2.05) is 24.3 Å². The number of aryl methyl sites for hydroxylation is 6. The van der Waals surface area contributed by atoms with Crippen LogP contribution in [0.4, 0.5) is 11.4 Å². The van der Waals surface area contributed by atoms with Gasteiger partial charge in [0.25, 0.3) is 0 Å². The number of nitrogens with zero attached hydrogens (tertiary/aromatic N) is 2. The second-order valence-electron chi connectivity index (χ2n) is 10.3. The second kappa shape index (κ2) is 14.0. The van der Waals surface area contributed by atoms with Gasteiger partial charge in [0.05, 0.1) is 0 Å². The molecule has 0 aliphatic carbocycles. The molecular weight excluding hydrogens is 556 g/mol. The van der Waals surface area contributed by atoms with Crippen molar-refractivity contribution < 1.29 is 27.0 Å². The zero-order valence-electron chi connectivity index (χ0n) is 24.4. The fourth-order valence-corrected chi connectivity index (χ4v) is 5.17. The van der Waals surface area contributed by atoms with Crippen molar-refractivity contribution >= 4 is 22.9 Å². The molecule has 5 rings (SSSR count). The molecule has 0 unspecified atom stereocenters. The van der Waals surface area contributed by atoms with Crippen LogP contribution >= 0.6 is 0 Å². The first-order valence-electron chi connectivity index (χ1n) is 13.4. The van der Waals surface area contributed by atoms with Crippen molar-refractivity contribution in [2.75, 3.05) is 9.80 Å². The topological polar surface area (TPSA) is 43.8 Å². The number of hydrogen-bond acceptors (Lipinski definition) is 4. The van der Waals surface area contributed by atoms with E-state index in [0.29, 0.717) is 11.1 Å². The molecule has 0 fully saturated rings.